The summed E-state index contributed by atoms with van der Waals surface area (Å²) in [5, 5.41) is 6.83. The molecule has 0 saturated heterocycles. The fourth-order valence-electron chi connectivity index (χ4n) is 6.89. The smallest absolute Gasteiger partial charge is 0.261 e. The van der Waals surface area contributed by atoms with Gasteiger partial charge >= 0.3 is 0 Å². The summed E-state index contributed by atoms with van der Waals surface area (Å²) < 4.78 is 7.72. The lowest BCUT2D eigenvalue weighted by atomic mass is 10.1. The molecule has 0 amide bonds. The minimum atomic E-state index is -2.70. The van der Waals surface area contributed by atoms with Crippen molar-refractivity contribution in [2.45, 2.75) is 64.5 Å². The first kappa shape index (κ1) is 33.8. The predicted molar refractivity (Wildman–Crippen MR) is 206 cm³/mol. The third kappa shape index (κ3) is 7.36. The number of hydrogen-bond acceptors (Lipinski definition) is 1. The summed E-state index contributed by atoms with van der Waals surface area (Å²) in [6.07, 6.45) is 10.4. The van der Waals surface area contributed by atoms with Crippen LogP contribution in [0.25, 0.3) is 0 Å². The summed E-state index contributed by atoms with van der Waals surface area (Å²) in [5.74, 6) is 0. The molecule has 0 aliphatic rings. The number of unbranched alkanes of at least 4 members (excludes halogenated alkanes) is 2. The van der Waals surface area contributed by atoms with Gasteiger partial charge in [-0.05, 0) is 64.3 Å². The van der Waals surface area contributed by atoms with Gasteiger partial charge in [-0.2, -0.15) is 0 Å². The van der Waals surface area contributed by atoms with Crippen LogP contribution >= 0.6 is 7.26 Å². The van der Waals surface area contributed by atoms with Crippen LogP contribution in [0.2, 0.25) is 5.04 Å². The lowest BCUT2D eigenvalue weighted by Gasteiger charge is -2.45. The Morgan fingerprint density at radius 3 is 1.35 bits per heavy atom. The van der Waals surface area contributed by atoms with E-state index in [9.17, 15) is 0 Å². The van der Waals surface area contributed by atoms with Crippen LogP contribution in [0.4, 0.5) is 0 Å². The highest BCUT2D eigenvalue weighted by atomic mass is 31.2. The molecule has 3 heteroatoms. The summed E-state index contributed by atoms with van der Waals surface area (Å²) >= 11 is 0. The fourth-order valence-corrected chi connectivity index (χ4v) is 15.6. The number of rotatable bonds is 14. The molecule has 0 unspecified atom stereocenters. The normalized spacial score (nSPS) is 13.1. The van der Waals surface area contributed by atoms with Crippen molar-refractivity contribution in [1.82, 2.24) is 0 Å². The molecule has 1 atom stereocenters. The maximum absolute atomic E-state index is 7.72. The predicted octanol–water partition coefficient (Wildman–Crippen LogP) is 9.06. The molecule has 5 aromatic carbocycles. The van der Waals surface area contributed by atoms with E-state index in [4.69, 9.17) is 4.43 Å². The second kappa shape index (κ2) is 15.8. The molecule has 0 spiro atoms. The van der Waals surface area contributed by atoms with Crippen LogP contribution in [0.1, 0.15) is 53.4 Å². The number of hydrogen-bond donors (Lipinski definition) is 0. The Kier molecular flexibility index (Phi) is 11.6. The van der Waals surface area contributed by atoms with Crippen molar-refractivity contribution in [2.24, 2.45) is 0 Å². The topological polar surface area (TPSA) is 9.23 Å². The van der Waals surface area contributed by atoms with E-state index in [-0.39, 0.29) is 11.1 Å². The van der Waals surface area contributed by atoms with E-state index < -0.39 is 15.6 Å². The second-order valence-corrected chi connectivity index (χ2v) is 21.0. The van der Waals surface area contributed by atoms with Crippen molar-refractivity contribution in [3.8, 4) is 0 Å². The average molecular weight is 642 g/mol. The Hall–Kier alpha value is -3.55. The highest BCUT2D eigenvalue weighted by Gasteiger charge is 2.51. The van der Waals surface area contributed by atoms with Crippen LogP contribution in [0, 0.1) is 0 Å². The van der Waals surface area contributed by atoms with Crippen LogP contribution < -0.4 is 26.3 Å². The van der Waals surface area contributed by atoms with Gasteiger partial charge in [0.1, 0.15) is 23.2 Å². The second-order valence-electron chi connectivity index (χ2n) is 13.2. The van der Waals surface area contributed by atoms with E-state index in [1.165, 1.54) is 39.1 Å². The van der Waals surface area contributed by atoms with Crippen LogP contribution in [0.5, 0.6) is 0 Å². The van der Waals surface area contributed by atoms with E-state index in [1.54, 1.807) is 0 Å². The first-order valence-electron chi connectivity index (χ1n) is 16.9. The van der Waals surface area contributed by atoms with Crippen molar-refractivity contribution in [1.29, 1.82) is 0 Å². The standard InChI is InChI=1S/C43H50OPSi/c1-5-6-12-24-37(44-46(43(2,3)4,41-32-19-10-20-33-41)42-34-21-11-22-35-42)25-23-36-45(38-26-13-7-14-27-38,39-28-15-8-16-29-39)40-30-17-9-18-31-40/h7-11,13-23,25-35,37H,5-6,12,24,36H2,1-4H3/q+1/b25-23+/t37-/m0/s1. The van der Waals surface area contributed by atoms with Gasteiger partial charge in [-0.1, -0.05) is 168 Å². The van der Waals surface area contributed by atoms with E-state index in [0.717, 1.165) is 19.0 Å². The molecular weight excluding hydrogens is 592 g/mol. The third-order valence-corrected chi connectivity index (χ3v) is 18.5. The quantitative estimate of drug-likeness (QED) is 0.0509. The maximum Gasteiger partial charge on any atom is 0.261 e. The van der Waals surface area contributed by atoms with Gasteiger partial charge in [0.25, 0.3) is 8.32 Å². The van der Waals surface area contributed by atoms with Gasteiger partial charge in [0.05, 0.1) is 12.3 Å². The summed E-state index contributed by atoms with van der Waals surface area (Å²) in [4.78, 5) is 0. The summed E-state index contributed by atoms with van der Waals surface area (Å²) in [5.41, 5.74) is 0. The van der Waals surface area contributed by atoms with Gasteiger partial charge in [-0.3, -0.25) is 0 Å². The zero-order chi connectivity index (χ0) is 32.3. The van der Waals surface area contributed by atoms with Gasteiger partial charge in [0.2, 0.25) is 0 Å². The van der Waals surface area contributed by atoms with Crippen molar-refractivity contribution in [3.05, 3.63) is 164 Å². The molecule has 0 aliphatic carbocycles. The van der Waals surface area contributed by atoms with Crippen LogP contribution in [-0.2, 0) is 4.43 Å². The molecule has 0 N–H and O–H groups in total. The van der Waals surface area contributed by atoms with E-state index in [0.29, 0.717) is 0 Å². The first-order chi connectivity index (χ1) is 22.4. The largest absolute Gasteiger partial charge is 0.401 e. The zero-order valence-electron chi connectivity index (χ0n) is 28.1. The van der Waals surface area contributed by atoms with Crippen LogP contribution in [0.15, 0.2) is 164 Å². The third-order valence-electron chi connectivity index (χ3n) is 9.16. The Labute approximate surface area is 279 Å². The van der Waals surface area contributed by atoms with Gasteiger partial charge in [0.15, 0.2) is 0 Å². The van der Waals surface area contributed by atoms with E-state index >= 15 is 0 Å². The molecular formula is C43H50OPSi+. The molecule has 236 valence electrons. The summed E-state index contributed by atoms with van der Waals surface area (Å²) in [6, 6.07) is 55.7. The van der Waals surface area contributed by atoms with Crippen LogP contribution in [0.3, 0.4) is 0 Å². The lowest BCUT2D eigenvalue weighted by molar-refractivity contribution is 0.218. The van der Waals surface area contributed by atoms with E-state index in [1.807, 2.05) is 0 Å². The Morgan fingerprint density at radius 1 is 0.587 bits per heavy atom. The molecule has 0 saturated carbocycles. The molecule has 0 aliphatic heterocycles. The van der Waals surface area contributed by atoms with E-state index in [2.05, 4.69) is 192 Å². The van der Waals surface area contributed by atoms with Gasteiger partial charge in [0, 0.05) is 0 Å². The highest BCUT2D eigenvalue weighted by Crippen LogP contribution is 2.55. The maximum atomic E-state index is 7.72. The molecule has 0 heterocycles. The average Bonchev–Trinajstić information content (AvgIpc) is 3.10. The minimum Gasteiger partial charge on any atom is -0.401 e. The van der Waals surface area contributed by atoms with Crippen molar-refractivity contribution < 1.29 is 4.43 Å². The van der Waals surface area contributed by atoms with Crippen molar-refractivity contribution >= 4 is 41.9 Å². The molecule has 46 heavy (non-hydrogen) atoms. The Bertz CT molecular complexity index is 1480. The SMILES string of the molecule is CCCCC[C@@H](/C=C/C[P+](c1ccccc1)(c1ccccc1)c1ccccc1)O[Si](c1ccccc1)(c1ccccc1)C(C)(C)C. The first-order valence-corrected chi connectivity index (χ1v) is 20.8. The molecule has 0 bridgehead atoms. The van der Waals surface area contributed by atoms with Crippen LogP contribution in [-0.4, -0.2) is 20.6 Å². The minimum absolute atomic E-state index is 0.0158. The molecule has 0 aromatic heterocycles. The van der Waals surface area contributed by atoms with Crippen molar-refractivity contribution in [2.75, 3.05) is 6.16 Å². The molecule has 0 radical (unpaired) electrons. The Morgan fingerprint density at radius 2 is 0.978 bits per heavy atom. The fraction of sp³-hybridized carbons (Fsp3) is 0.256. The highest BCUT2D eigenvalue weighted by molar-refractivity contribution is 7.95. The van der Waals surface area contributed by atoms with Crippen molar-refractivity contribution in [3.63, 3.8) is 0 Å². The van der Waals surface area contributed by atoms with Gasteiger partial charge in [-0.25, -0.2) is 0 Å². The molecule has 5 rings (SSSR count). The van der Waals surface area contributed by atoms with Gasteiger partial charge < -0.3 is 4.43 Å². The number of allylic oxidation sites excluding steroid dienone is 1. The zero-order valence-corrected chi connectivity index (χ0v) is 30.0. The monoisotopic (exact) mass is 641 g/mol. The molecule has 1 nitrogen and oxygen atoms in total. The van der Waals surface area contributed by atoms with Gasteiger partial charge in [-0.15, -0.1) is 0 Å². The lowest BCUT2D eigenvalue weighted by Crippen LogP contribution is -2.67. The summed E-state index contributed by atoms with van der Waals surface area (Å²) in [7, 11) is -4.67. The molecule has 0 fully saturated rings. The molecule has 5 aromatic rings. The number of benzene rings is 5. The Balaban J connectivity index is 1.62. The summed E-state index contributed by atoms with van der Waals surface area (Å²) in [6.45, 7) is 9.42.